The summed E-state index contributed by atoms with van der Waals surface area (Å²) in [6.45, 7) is 1.59. The van der Waals surface area contributed by atoms with E-state index in [0.29, 0.717) is 5.75 Å². The van der Waals surface area contributed by atoms with E-state index in [0.717, 1.165) is 10.6 Å². The lowest BCUT2D eigenvalue weighted by Gasteiger charge is -2.18. The molecule has 3 aliphatic heterocycles. The summed E-state index contributed by atoms with van der Waals surface area (Å²) in [6, 6.07) is 7.29. The third kappa shape index (κ3) is 2.20. The van der Waals surface area contributed by atoms with Crippen LogP contribution in [-0.2, 0) is 19.1 Å². The Morgan fingerprint density at radius 2 is 1.79 bits per heavy atom. The normalized spacial score (nSPS) is 30.0. The summed E-state index contributed by atoms with van der Waals surface area (Å²) in [4.78, 5) is 36.8. The molecule has 3 amide bonds. The molecule has 1 aromatic carbocycles. The van der Waals surface area contributed by atoms with E-state index in [2.05, 4.69) is 5.43 Å². The number of para-hydroxylation sites is 1. The average Bonchev–Trinajstić information content (AvgIpc) is 3.24. The number of hydrogen-bond acceptors (Lipinski definition) is 5. The molecular weight excluding hydrogens is 312 g/mol. The molecule has 7 nitrogen and oxygen atoms in total. The summed E-state index contributed by atoms with van der Waals surface area (Å²) in [5, 5.41) is 0.814. The van der Waals surface area contributed by atoms with Crippen molar-refractivity contribution in [1.29, 1.82) is 0 Å². The highest BCUT2D eigenvalue weighted by molar-refractivity contribution is 6.07. The fourth-order valence-corrected chi connectivity index (χ4v) is 3.43. The van der Waals surface area contributed by atoms with Gasteiger partial charge in [-0.15, -0.1) is 0 Å². The van der Waals surface area contributed by atoms with Gasteiger partial charge in [-0.3, -0.25) is 19.8 Å². The lowest BCUT2D eigenvalue weighted by molar-refractivity contribution is -0.151. The first-order valence-corrected chi connectivity index (χ1v) is 7.76. The predicted molar refractivity (Wildman–Crippen MR) is 81.5 cm³/mol. The zero-order chi connectivity index (χ0) is 16.8. The number of carbonyl (C=O) groups is 3. The molecule has 0 saturated carbocycles. The molecule has 0 unspecified atom stereocenters. The van der Waals surface area contributed by atoms with Gasteiger partial charge in [-0.05, 0) is 18.6 Å². The van der Waals surface area contributed by atoms with Crippen molar-refractivity contribution in [2.24, 2.45) is 11.8 Å². The molecule has 4 atom stereocenters. The van der Waals surface area contributed by atoms with Gasteiger partial charge in [0, 0.05) is 0 Å². The maximum absolute atomic E-state index is 12.4. The second-order valence-corrected chi connectivity index (χ2v) is 6.10. The number of nitrogens with one attached hydrogen (secondary N) is 1. The van der Waals surface area contributed by atoms with E-state index in [1.807, 2.05) is 19.1 Å². The molecule has 3 aliphatic rings. The lowest BCUT2D eigenvalue weighted by Crippen LogP contribution is -2.49. The molecule has 4 rings (SSSR count). The van der Waals surface area contributed by atoms with Crippen molar-refractivity contribution in [3.8, 4) is 5.75 Å². The van der Waals surface area contributed by atoms with Crippen LogP contribution in [0.3, 0.4) is 0 Å². The Morgan fingerprint density at radius 3 is 2.42 bits per heavy atom. The van der Waals surface area contributed by atoms with Crippen molar-refractivity contribution in [3.63, 3.8) is 0 Å². The van der Waals surface area contributed by atoms with Gasteiger partial charge in [-0.2, -0.15) is 5.01 Å². The first-order valence-electron chi connectivity index (χ1n) is 7.76. The third-order valence-corrected chi connectivity index (χ3v) is 4.60. The van der Waals surface area contributed by atoms with Gasteiger partial charge in [0.15, 0.2) is 6.61 Å². The standard InChI is InChI=1S/C17H16N2O5/c1-9-4-2-3-5-10(9)23-8-13(20)18-19-16(21)14-11-6-7-12(24-11)15(14)17(19)22/h2-7,11-12,14-15H,8H2,1H3,(H,18,20)/t11-,12-,14-,15+/m1/s1. The summed E-state index contributed by atoms with van der Waals surface area (Å²) in [5.74, 6) is -1.90. The average molecular weight is 328 g/mol. The highest BCUT2D eigenvalue weighted by Crippen LogP contribution is 2.44. The smallest absolute Gasteiger partial charge is 0.276 e. The topological polar surface area (TPSA) is 84.9 Å². The maximum atomic E-state index is 12.4. The van der Waals surface area contributed by atoms with Crippen LogP contribution in [0.4, 0.5) is 0 Å². The van der Waals surface area contributed by atoms with E-state index < -0.39 is 29.6 Å². The molecular formula is C17H16N2O5. The van der Waals surface area contributed by atoms with Crippen LogP contribution >= 0.6 is 0 Å². The molecule has 2 bridgehead atoms. The Morgan fingerprint density at radius 1 is 1.17 bits per heavy atom. The number of ether oxygens (including phenoxy) is 2. The van der Waals surface area contributed by atoms with Crippen molar-refractivity contribution >= 4 is 17.7 Å². The number of fused-ring (bicyclic) bond motifs is 5. The summed E-state index contributed by atoms with van der Waals surface area (Å²) in [6.07, 6.45) is 2.84. The van der Waals surface area contributed by atoms with Gasteiger partial charge in [0.2, 0.25) is 0 Å². The minimum absolute atomic E-state index is 0.279. The Balaban J connectivity index is 1.39. The molecule has 0 spiro atoms. The van der Waals surface area contributed by atoms with Crippen LogP contribution in [0.15, 0.2) is 36.4 Å². The van der Waals surface area contributed by atoms with Gasteiger partial charge in [0.05, 0.1) is 24.0 Å². The Kier molecular flexibility index (Phi) is 3.38. The second-order valence-electron chi connectivity index (χ2n) is 6.10. The van der Waals surface area contributed by atoms with Crippen molar-refractivity contribution in [3.05, 3.63) is 42.0 Å². The molecule has 7 heteroatoms. The van der Waals surface area contributed by atoms with Crippen molar-refractivity contribution in [1.82, 2.24) is 10.4 Å². The number of amides is 3. The fraction of sp³-hybridized carbons (Fsp3) is 0.353. The van der Waals surface area contributed by atoms with Gasteiger partial charge in [0.25, 0.3) is 17.7 Å². The van der Waals surface area contributed by atoms with E-state index in [1.54, 1.807) is 24.3 Å². The second kappa shape index (κ2) is 5.45. The number of aryl methyl sites for hydroxylation is 1. The molecule has 2 saturated heterocycles. The third-order valence-electron chi connectivity index (χ3n) is 4.60. The highest BCUT2D eigenvalue weighted by Gasteiger charge is 2.61. The zero-order valence-corrected chi connectivity index (χ0v) is 13.0. The first-order chi connectivity index (χ1) is 11.6. The molecule has 0 radical (unpaired) electrons. The zero-order valence-electron chi connectivity index (χ0n) is 13.0. The maximum Gasteiger partial charge on any atom is 0.276 e. The van der Waals surface area contributed by atoms with Crippen molar-refractivity contribution < 1.29 is 23.9 Å². The van der Waals surface area contributed by atoms with Crippen LogP contribution in [0, 0.1) is 18.8 Å². The summed E-state index contributed by atoms with van der Waals surface area (Å²) in [7, 11) is 0. The number of hydrogen-bond donors (Lipinski definition) is 1. The molecule has 1 aromatic rings. The van der Waals surface area contributed by atoms with Crippen LogP contribution < -0.4 is 10.2 Å². The van der Waals surface area contributed by atoms with E-state index in [1.165, 1.54) is 0 Å². The minimum atomic E-state index is -0.554. The van der Waals surface area contributed by atoms with E-state index in [9.17, 15) is 14.4 Å². The highest BCUT2D eigenvalue weighted by atomic mass is 16.5. The Bertz CT molecular complexity index is 729. The van der Waals surface area contributed by atoms with Gasteiger partial charge in [-0.25, -0.2) is 0 Å². The van der Waals surface area contributed by atoms with Gasteiger partial charge < -0.3 is 9.47 Å². The van der Waals surface area contributed by atoms with E-state index >= 15 is 0 Å². The fourth-order valence-electron chi connectivity index (χ4n) is 3.43. The van der Waals surface area contributed by atoms with Gasteiger partial charge in [0.1, 0.15) is 5.75 Å². The number of carbonyl (C=O) groups excluding carboxylic acids is 3. The Hall–Kier alpha value is -2.67. The first kappa shape index (κ1) is 14.9. The largest absolute Gasteiger partial charge is 0.483 e. The molecule has 124 valence electrons. The quantitative estimate of drug-likeness (QED) is 0.636. The van der Waals surface area contributed by atoms with Crippen molar-refractivity contribution in [2.45, 2.75) is 19.1 Å². The van der Waals surface area contributed by atoms with Crippen LogP contribution in [0.2, 0.25) is 0 Å². The predicted octanol–water partition coefficient (Wildman–Crippen LogP) is 0.343. The van der Waals surface area contributed by atoms with Gasteiger partial charge in [-0.1, -0.05) is 30.4 Å². The van der Waals surface area contributed by atoms with E-state index in [4.69, 9.17) is 9.47 Å². The minimum Gasteiger partial charge on any atom is -0.483 e. The summed E-state index contributed by atoms with van der Waals surface area (Å²) in [5.41, 5.74) is 3.25. The molecule has 24 heavy (non-hydrogen) atoms. The van der Waals surface area contributed by atoms with Crippen LogP contribution in [0.25, 0.3) is 0 Å². The van der Waals surface area contributed by atoms with Crippen LogP contribution in [-0.4, -0.2) is 41.5 Å². The van der Waals surface area contributed by atoms with Crippen LogP contribution in [0.1, 0.15) is 5.56 Å². The lowest BCUT2D eigenvalue weighted by atomic mass is 9.85. The van der Waals surface area contributed by atoms with E-state index in [-0.39, 0.29) is 18.8 Å². The number of imide groups is 1. The number of nitrogens with zero attached hydrogens (tertiary/aromatic N) is 1. The molecule has 1 N–H and O–H groups in total. The monoisotopic (exact) mass is 328 g/mol. The molecule has 0 aliphatic carbocycles. The summed E-state index contributed by atoms with van der Waals surface area (Å²) >= 11 is 0. The number of hydrazine groups is 1. The van der Waals surface area contributed by atoms with Crippen LogP contribution in [0.5, 0.6) is 5.75 Å². The molecule has 0 aromatic heterocycles. The van der Waals surface area contributed by atoms with Gasteiger partial charge >= 0.3 is 0 Å². The molecule has 3 heterocycles. The molecule has 2 fully saturated rings. The summed E-state index contributed by atoms with van der Waals surface area (Å²) < 4.78 is 11.0. The number of benzene rings is 1. The SMILES string of the molecule is Cc1ccccc1OCC(=O)NN1C(=O)[C@@H]2[C@H](C1=O)[C@H]1C=C[C@H]2O1. The Labute approximate surface area is 138 Å². The number of rotatable bonds is 4. The van der Waals surface area contributed by atoms with Crippen molar-refractivity contribution in [2.75, 3.05) is 6.61 Å².